The third kappa shape index (κ3) is 5.71. The van der Waals surface area contributed by atoms with E-state index in [1.165, 1.54) is 25.9 Å². The van der Waals surface area contributed by atoms with E-state index in [1.807, 2.05) is 24.3 Å². The molecule has 4 rings (SSSR count). The minimum absolute atomic E-state index is 0.0527. The van der Waals surface area contributed by atoms with Crippen molar-refractivity contribution in [1.82, 2.24) is 15.1 Å². The van der Waals surface area contributed by atoms with E-state index in [0.29, 0.717) is 12.1 Å². The summed E-state index contributed by atoms with van der Waals surface area (Å²) in [6, 6.07) is 8.32. The van der Waals surface area contributed by atoms with Crippen LogP contribution in [0.15, 0.2) is 24.3 Å². The number of hydrogen-bond donors (Lipinski definition) is 1. The largest absolute Gasteiger partial charge is 0.490 e. The number of rotatable bonds is 6. The quantitative estimate of drug-likeness (QED) is 0.794. The minimum Gasteiger partial charge on any atom is -0.490 e. The summed E-state index contributed by atoms with van der Waals surface area (Å²) in [4.78, 5) is 17.5. The maximum absolute atomic E-state index is 12.5. The lowest BCUT2D eigenvalue weighted by Gasteiger charge is -2.41. The molecular formula is C23H35N3O3. The minimum atomic E-state index is -0.0527. The maximum Gasteiger partial charge on any atom is 0.251 e. The van der Waals surface area contributed by atoms with Crippen molar-refractivity contribution in [2.24, 2.45) is 0 Å². The molecule has 0 radical (unpaired) electrons. The van der Waals surface area contributed by atoms with Crippen molar-refractivity contribution in [3.8, 4) is 5.75 Å². The maximum atomic E-state index is 12.5. The van der Waals surface area contributed by atoms with Crippen LogP contribution in [0, 0.1) is 0 Å². The molecule has 0 unspecified atom stereocenters. The predicted molar refractivity (Wildman–Crippen MR) is 113 cm³/mol. The molecule has 3 aliphatic heterocycles. The standard InChI is InChI=1S/C23H35N3O3/c1-25-11-7-19(8-12-25)26-13-9-20(10-14-26)29-21-5-2-4-18(16-21)23(27)24-17-22-6-3-15-28-22/h2,4-5,16,19-20,22H,3,6-15,17H2,1H3,(H,24,27)/t22-/m1/s1. The molecule has 6 nitrogen and oxygen atoms in total. The van der Waals surface area contributed by atoms with Crippen molar-refractivity contribution in [2.75, 3.05) is 46.4 Å². The van der Waals surface area contributed by atoms with Crippen molar-refractivity contribution in [3.05, 3.63) is 29.8 Å². The second-order valence-corrected chi connectivity index (χ2v) is 8.76. The number of amides is 1. The van der Waals surface area contributed by atoms with Crippen LogP contribution in [0.25, 0.3) is 0 Å². The molecule has 1 aromatic rings. The average Bonchev–Trinajstić information content (AvgIpc) is 3.27. The molecule has 0 aromatic heterocycles. The number of piperidine rings is 2. The molecule has 0 saturated carbocycles. The Balaban J connectivity index is 1.23. The number of hydrogen-bond acceptors (Lipinski definition) is 5. The van der Waals surface area contributed by atoms with E-state index in [9.17, 15) is 4.79 Å². The van der Waals surface area contributed by atoms with Crippen LogP contribution in [-0.4, -0.2) is 80.3 Å². The molecule has 0 spiro atoms. The molecular weight excluding hydrogens is 366 g/mol. The van der Waals surface area contributed by atoms with E-state index in [2.05, 4.69) is 22.2 Å². The van der Waals surface area contributed by atoms with Gasteiger partial charge in [-0.2, -0.15) is 0 Å². The Hall–Kier alpha value is -1.63. The van der Waals surface area contributed by atoms with Gasteiger partial charge in [-0.1, -0.05) is 6.07 Å². The lowest BCUT2D eigenvalue weighted by atomic mass is 9.99. The Morgan fingerprint density at radius 2 is 1.93 bits per heavy atom. The highest BCUT2D eigenvalue weighted by atomic mass is 16.5. The van der Waals surface area contributed by atoms with E-state index in [0.717, 1.165) is 57.2 Å². The Morgan fingerprint density at radius 3 is 2.66 bits per heavy atom. The summed E-state index contributed by atoms with van der Waals surface area (Å²) in [6.45, 7) is 6.03. The molecule has 3 saturated heterocycles. The van der Waals surface area contributed by atoms with Gasteiger partial charge in [0.05, 0.1) is 6.10 Å². The van der Waals surface area contributed by atoms with Gasteiger partial charge in [-0.05, 0) is 76.9 Å². The van der Waals surface area contributed by atoms with Crippen LogP contribution in [-0.2, 0) is 4.74 Å². The van der Waals surface area contributed by atoms with Gasteiger partial charge in [0.25, 0.3) is 5.91 Å². The summed E-state index contributed by atoms with van der Waals surface area (Å²) in [5.41, 5.74) is 0.657. The van der Waals surface area contributed by atoms with Gasteiger partial charge in [0.2, 0.25) is 0 Å². The molecule has 6 heteroatoms. The van der Waals surface area contributed by atoms with E-state index in [1.54, 1.807) is 0 Å². The first-order valence-corrected chi connectivity index (χ1v) is 11.3. The molecule has 1 atom stereocenters. The predicted octanol–water partition coefficient (Wildman–Crippen LogP) is 2.53. The summed E-state index contributed by atoms with van der Waals surface area (Å²) >= 11 is 0. The van der Waals surface area contributed by atoms with Crippen LogP contribution in [0.1, 0.15) is 48.9 Å². The number of benzene rings is 1. The molecule has 1 aromatic carbocycles. The summed E-state index contributed by atoms with van der Waals surface area (Å²) in [5.74, 6) is 0.746. The monoisotopic (exact) mass is 401 g/mol. The third-order valence-electron chi connectivity index (χ3n) is 6.59. The van der Waals surface area contributed by atoms with Crippen LogP contribution in [0.3, 0.4) is 0 Å². The summed E-state index contributed by atoms with van der Waals surface area (Å²) < 4.78 is 11.8. The highest BCUT2D eigenvalue weighted by Crippen LogP contribution is 2.24. The molecule has 160 valence electrons. The van der Waals surface area contributed by atoms with Crippen molar-refractivity contribution in [3.63, 3.8) is 0 Å². The number of carbonyl (C=O) groups excluding carboxylic acids is 1. The Kier molecular flexibility index (Phi) is 7.06. The highest BCUT2D eigenvalue weighted by molar-refractivity contribution is 5.94. The second kappa shape index (κ2) is 9.92. The number of carbonyl (C=O) groups is 1. The molecule has 1 amide bonds. The number of nitrogens with one attached hydrogen (secondary N) is 1. The highest BCUT2D eigenvalue weighted by Gasteiger charge is 2.28. The summed E-state index contributed by atoms with van der Waals surface area (Å²) in [7, 11) is 2.22. The zero-order valence-corrected chi connectivity index (χ0v) is 17.6. The molecule has 29 heavy (non-hydrogen) atoms. The summed E-state index contributed by atoms with van der Waals surface area (Å²) in [6.07, 6.45) is 7.19. The number of likely N-dealkylation sites (tertiary alicyclic amines) is 2. The molecule has 3 heterocycles. The fourth-order valence-corrected chi connectivity index (χ4v) is 4.74. The summed E-state index contributed by atoms with van der Waals surface area (Å²) in [5, 5.41) is 2.99. The Morgan fingerprint density at radius 1 is 1.14 bits per heavy atom. The Bertz CT molecular complexity index is 661. The van der Waals surface area contributed by atoms with Gasteiger partial charge < -0.3 is 24.6 Å². The van der Waals surface area contributed by atoms with Crippen LogP contribution in [0.4, 0.5) is 0 Å². The van der Waals surface area contributed by atoms with Gasteiger partial charge in [0.15, 0.2) is 0 Å². The average molecular weight is 402 g/mol. The van der Waals surface area contributed by atoms with Gasteiger partial charge in [0, 0.05) is 37.8 Å². The van der Waals surface area contributed by atoms with Crippen LogP contribution < -0.4 is 10.1 Å². The molecule has 3 aliphatic rings. The van der Waals surface area contributed by atoms with Gasteiger partial charge in [-0.25, -0.2) is 0 Å². The van der Waals surface area contributed by atoms with Gasteiger partial charge in [-0.3, -0.25) is 4.79 Å². The zero-order chi connectivity index (χ0) is 20.1. The van der Waals surface area contributed by atoms with E-state index < -0.39 is 0 Å². The van der Waals surface area contributed by atoms with Crippen molar-refractivity contribution in [1.29, 1.82) is 0 Å². The number of nitrogens with zero attached hydrogens (tertiary/aromatic N) is 2. The van der Waals surface area contributed by atoms with Gasteiger partial charge in [-0.15, -0.1) is 0 Å². The third-order valence-corrected chi connectivity index (χ3v) is 6.59. The molecule has 1 N–H and O–H groups in total. The van der Waals surface area contributed by atoms with Crippen LogP contribution in [0.2, 0.25) is 0 Å². The molecule has 0 aliphatic carbocycles. The fourth-order valence-electron chi connectivity index (χ4n) is 4.74. The van der Waals surface area contributed by atoms with Gasteiger partial charge >= 0.3 is 0 Å². The normalized spacial score (nSPS) is 25.2. The van der Waals surface area contributed by atoms with E-state index in [-0.39, 0.29) is 18.1 Å². The topological polar surface area (TPSA) is 54.0 Å². The van der Waals surface area contributed by atoms with E-state index >= 15 is 0 Å². The van der Waals surface area contributed by atoms with Crippen molar-refractivity contribution in [2.45, 2.75) is 56.8 Å². The Labute approximate surface area is 174 Å². The smallest absolute Gasteiger partial charge is 0.251 e. The fraction of sp³-hybridized carbons (Fsp3) is 0.696. The first-order valence-electron chi connectivity index (χ1n) is 11.3. The van der Waals surface area contributed by atoms with Crippen LogP contribution in [0.5, 0.6) is 5.75 Å². The van der Waals surface area contributed by atoms with Crippen molar-refractivity contribution >= 4 is 5.91 Å². The lowest BCUT2D eigenvalue weighted by Crippen LogP contribution is -2.48. The van der Waals surface area contributed by atoms with Crippen molar-refractivity contribution < 1.29 is 14.3 Å². The second-order valence-electron chi connectivity index (χ2n) is 8.76. The van der Waals surface area contributed by atoms with Crippen LogP contribution >= 0.6 is 0 Å². The molecule has 3 fully saturated rings. The van der Waals surface area contributed by atoms with E-state index in [4.69, 9.17) is 9.47 Å². The SMILES string of the molecule is CN1CCC(N2CCC(Oc3cccc(C(=O)NC[C@H]4CCCO4)c3)CC2)CC1. The molecule has 0 bridgehead atoms. The first kappa shape index (κ1) is 20.6. The van der Waals surface area contributed by atoms with Gasteiger partial charge in [0.1, 0.15) is 11.9 Å². The number of ether oxygens (including phenoxy) is 2. The zero-order valence-electron chi connectivity index (χ0n) is 17.6. The first-order chi connectivity index (χ1) is 14.2. The lowest BCUT2D eigenvalue weighted by molar-refractivity contribution is 0.0525.